The molecule has 0 bridgehead atoms. The van der Waals surface area contributed by atoms with Crippen molar-refractivity contribution in [1.29, 1.82) is 0 Å². The zero-order chi connectivity index (χ0) is 23.4. The first kappa shape index (κ1) is 22.9. The van der Waals surface area contributed by atoms with Crippen molar-refractivity contribution in [3.8, 4) is 5.69 Å². The maximum atomic E-state index is 13.3. The molecular formula is C24H24ClFN4O3. The first-order valence-corrected chi connectivity index (χ1v) is 11.2. The molecule has 9 heteroatoms. The quantitative estimate of drug-likeness (QED) is 0.572. The first-order chi connectivity index (χ1) is 16.0. The van der Waals surface area contributed by atoms with E-state index in [1.165, 1.54) is 23.0 Å². The van der Waals surface area contributed by atoms with Gasteiger partial charge in [-0.05, 0) is 68.3 Å². The summed E-state index contributed by atoms with van der Waals surface area (Å²) in [5, 5.41) is 6.77. The van der Waals surface area contributed by atoms with Crippen molar-refractivity contribution in [3.63, 3.8) is 0 Å². The molecule has 1 amide bonds. The van der Waals surface area contributed by atoms with Gasteiger partial charge in [0.25, 0.3) is 5.56 Å². The number of anilines is 3. The summed E-state index contributed by atoms with van der Waals surface area (Å²) in [4.78, 5) is 27.3. The highest BCUT2D eigenvalue weighted by molar-refractivity contribution is 6.33. The molecule has 1 N–H and O–H groups in total. The molecule has 33 heavy (non-hydrogen) atoms. The molecular weight excluding hydrogens is 447 g/mol. The molecule has 1 aliphatic heterocycles. The maximum Gasteiger partial charge on any atom is 0.292 e. The molecule has 2 heterocycles. The summed E-state index contributed by atoms with van der Waals surface area (Å²) in [6.07, 6.45) is 2.92. The van der Waals surface area contributed by atoms with Crippen LogP contribution in [0.25, 0.3) is 5.69 Å². The Labute approximate surface area is 195 Å². The predicted octanol–water partition coefficient (Wildman–Crippen LogP) is 4.55. The van der Waals surface area contributed by atoms with E-state index >= 15 is 0 Å². The highest BCUT2D eigenvalue weighted by atomic mass is 35.5. The third kappa shape index (κ3) is 5.07. The van der Waals surface area contributed by atoms with Crippen molar-refractivity contribution in [2.24, 2.45) is 5.92 Å². The average molecular weight is 471 g/mol. The van der Waals surface area contributed by atoms with Crippen LogP contribution in [0.5, 0.6) is 0 Å². The number of hydrogen-bond donors (Lipinski definition) is 1. The van der Waals surface area contributed by atoms with E-state index in [2.05, 4.69) is 10.4 Å². The number of hydrogen-bond acceptors (Lipinski definition) is 5. The lowest BCUT2D eigenvalue weighted by atomic mass is 10.0. The topological polar surface area (TPSA) is 76.5 Å². The van der Waals surface area contributed by atoms with Crippen molar-refractivity contribution >= 4 is 34.6 Å². The highest BCUT2D eigenvalue weighted by Gasteiger charge is 2.23. The molecule has 3 aromatic rings. The number of ether oxygens (including phenoxy) is 1. The van der Waals surface area contributed by atoms with Gasteiger partial charge in [0, 0.05) is 24.5 Å². The normalized spacial score (nSPS) is 15.8. The molecule has 1 fully saturated rings. The molecule has 4 rings (SSSR count). The molecule has 2 aromatic carbocycles. The van der Waals surface area contributed by atoms with Crippen LogP contribution in [-0.4, -0.2) is 35.4 Å². The van der Waals surface area contributed by atoms with Crippen LogP contribution in [0.2, 0.25) is 5.02 Å². The van der Waals surface area contributed by atoms with Crippen molar-refractivity contribution < 1.29 is 13.9 Å². The smallest absolute Gasteiger partial charge is 0.292 e. The minimum absolute atomic E-state index is 0.111. The van der Waals surface area contributed by atoms with Gasteiger partial charge < -0.3 is 15.0 Å². The van der Waals surface area contributed by atoms with Crippen LogP contribution < -0.4 is 15.8 Å². The van der Waals surface area contributed by atoms with Crippen molar-refractivity contribution in [3.05, 3.63) is 75.9 Å². The fourth-order valence-corrected chi connectivity index (χ4v) is 3.97. The van der Waals surface area contributed by atoms with E-state index in [9.17, 15) is 14.0 Å². The largest absolute Gasteiger partial charge is 0.381 e. The molecule has 0 radical (unpaired) electrons. The number of halogens is 2. The number of amides is 1. The summed E-state index contributed by atoms with van der Waals surface area (Å²) in [7, 11) is 0. The fraction of sp³-hybridized carbons (Fsp3) is 0.292. The minimum atomic E-state index is -0.534. The van der Waals surface area contributed by atoms with Gasteiger partial charge in [0.05, 0.1) is 30.1 Å². The zero-order valence-electron chi connectivity index (χ0n) is 18.1. The van der Waals surface area contributed by atoms with Gasteiger partial charge in [0.2, 0.25) is 5.91 Å². The van der Waals surface area contributed by atoms with Crippen molar-refractivity contribution in [2.75, 3.05) is 30.0 Å². The van der Waals surface area contributed by atoms with Crippen molar-refractivity contribution in [2.45, 2.75) is 19.8 Å². The number of carbonyl (C=O) groups is 1. The number of nitrogens with one attached hydrogen (secondary N) is 1. The van der Waals surface area contributed by atoms with E-state index in [1.807, 2.05) is 24.0 Å². The van der Waals surface area contributed by atoms with Crippen LogP contribution in [0.1, 0.15) is 19.8 Å². The van der Waals surface area contributed by atoms with Gasteiger partial charge in [-0.1, -0.05) is 11.6 Å². The molecule has 172 valence electrons. The summed E-state index contributed by atoms with van der Waals surface area (Å²) in [5.41, 5.74) is 1.91. The third-order valence-electron chi connectivity index (χ3n) is 5.57. The lowest BCUT2D eigenvalue weighted by Crippen LogP contribution is -2.31. The summed E-state index contributed by atoms with van der Waals surface area (Å²) in [6, 6.07) is 13.5. The van der Waals surface area contributed by atoms with Crippen molar-refractivity contribution in [1.82, 2.24) is 9.78 Å². The van der Waals surface area contributed by atoms with E-state index in [-0.39, 0.29) is 28.4 Å². The van der Waals surface area contributed by atoms with E-state index in [4.69, 9.17) is 16.3 Å². The van der Waals surface area contributed by atoms with Gasteiger partial charge in [-0.2, -0.15) is 9.78 Å². The van der Waals surface area contributed by atoms with Crippen LogP contribution >= 0.6 is 11.6 Å². The van der Waals surface area contributed by atoms with E-state index in [0.29, 0.717) is 25.4 Å². The minimum Gasteiger partial charge on any atom is -0.381 e. The van der Waals surface area contributed by atoms with E-state index < -0.39 is 5.56 Å². The average Bonchev–Trinajstić information content (AvgIpc) is 2.85. The third-order valence-corrected chi connectivity index (χ3v) is 5.93. The second-order valence-electron chi connectivity index (χ2n) is 7.73. The number of carbonyl (C=O) groups excluding carboxylic acids is 1. The Balaban J connectivity index is 1.54. The zero-order valence-corrected chi connectivity index (χ0v) is 18.9. The van der Waals surface area contributed by atoms with Gasteiger partial charge in [-0.15, -0.1) is 0 Å². The molecule has 0 spiro atoms. The van der Waals surface area contributed by atoms with Crippen LogP contribution in [0.3, 0.4) is 0 Å². The van der Waals surface area contributed by atoms with E-state index in [1.54, 1.807) is 24.3 Å². The fourth-order valence-electron chi connectivity index (χ4n) is 3.80. The Morgan fingerprint density at radius 1 is 1.21 bits per heavy atom. The van der Waals surface area contributed by atoms with Gasteiger partial charge in [0.1, 0.15) is 10.8 Å². The molecule has 1 aromatic heterocycles. The van der Waals surface area contributed by atoms with Gasteiger partial charge >= 0.3 is 0 Å². The summed E-state index contributed by atoms with van der Waals surface area (Å²) in [6.45, 7) is 3.68. The van der Waals surface area contributed by atoms with E-state index in [0.717, 1.165) is 24.2 Å². The molecule has 7 nitrogen and oxygen atoms in total. The van der Waals surface area contributed by atoms with Gasteiger partial charge in [-0.3, -0.25) is 9.59 Å². The molecule has 1 saturated heterocycles. The van der Waals surface area contributed by atoms with Crippen LogP contribution in [-0.2, 0) is 9.53 Å². The van der Waals surface area contributed by atoms with Gasteiger partial charge in [0.15, 0.2) is 0 Å². The molecule has 1 atom stereocenters. The number of rotatable bonds is 6. The molecule has 1 unspecified atom stereocenters. The monoisotopic (exact) mass is 470 g/mol. The highest BCUT2D eigenvalue weighted by Crippen LogP contribution is 2.26. The number of benzene rings is 2. The molecule has 1 aliphatic rings. The Morgan fingerprint density at radius 3 is 2.48 bits per heavy atom. The van der Waals surface area contributed by atoms with Crippen LogP contribution in [0, 0.1) is 11.7 Å². The Kier molecular flexibility index (Phi) is 7.05. The Morgan fingerprint density at radius 2 is 1.88 bits per heavy atom. The second-order valence-corrected chi connectivity index (χ2v) is 8.11. The Hall–Kier alpha value is -3.23. The summed E-state index contributed by atoms with van der Waals surface area (Å²) in [5.74, 6) is -0.799. The first-order valence-electron chi connectivity index (χ1n) is 10.8. The lowest BCUT2D eigenvalue weighted by molar-refractivity contribution is -0.123. The van der Waals surface area contributed by atoms with Crippen LogP contribution in [0.15, 0.2) is 59.5 Å². The Bertz CT molecular complexity index is 1180. The predicted molar refractivity (Wildman–Crippen MR) is 126 cm³/mol. The standard InChI is InChI=1S/C24H24ClFN4O3/c1-2-29(18-7-5-17(26)6-8-18)19-9-11-20(12-10-19)30-24(32)22(25)21(14-27-30)28-23(31)16-4-3-13-33-15-16/h5-12,14,16H,2-4,13,15H2,1H3,(H,28,31). The SMILES string of the molecule is CCN(c1ccc(F)cc1)c1ccc(-n2ncc(NC(=O)C3CCCOC3)c(Cl)c2=O)cc1. The second kappa shape index (κ2) is 10.1. The lowest BCUT2D eigenvalue weighted by Gasteiger charge is -2.23. The number of aromatic nitrogens is 2. The van der Waals surface area contributed by atoms with Gasteiger partial charge in [-0.25, -0.2) is 4.39 Å². The number of nitrogens with zero attached hydrogens (tertiary/aromatic N) is 3. The molecule has 0 aliphatic carbocycles. The summed E-state index contributed by atoms with van der Waals surface area (Å²) < 4.78 is 19.8. The maximum absolute atomic E-state index is 13.3. The summed E-state index contributed by atoms with van der Waals surface area (Å²) >= 11 is 6.27. The molecule has 0 saturated carbocycles. The van der Waals surface area contributed by atoms with Crippen LogP contribution in [0.4, 0.5) is 21.5 Å².